The van der Waals surface area contributed by atoms with E-state index in [-0.39, 0.29) is 28.4 Å². The Kier molecular flexibility index (Phi) is 10.2. The quantitative estimate of drug-likeness (QED) is 0.164. The molecular formula is C66H72BN3. The lowest BCUT2D eigenvalue weighted by Gasteiger charge is -2.46. The molecule has 0 saturated heterocycles. The highest BCUT2D eigenvalue weighted by atomic mass is 15.2. The van der Waals surface area contributed by atoms with Gasteiger partial charge in [0, 0.05) is 44.9 Å². The van der Waals surface area contributed by atoms with Crippen LogP contribution in [0.25, 0.3) is 27.5 Å². The fourth-order valence-electron chi connectivity index (χ4n) is 12.5. The largest absolute Gasteiger partial charge is 0.311 e. The molecule has 4 aliphatic rings. The van der Waals surface area contributed by atoms with Crippen LogP contribution in [0.5, 0.6) is 0 Å². The van der Waals surface area contributed by atoms with Crippen LogP contribution >= 0.6 is 0 Å². The first-order chi connectivity index (χ1) is 33.2. The smallest absolute Gasteiger partial charge is 0.252 e. The van der Waals surface area contributed by atoms with Crippen LogP contribution in [-0.4, -0.2) is 11.3 Å². The van der Waals surface area contributed by atoms with Gasteiger partial charge in [-0.15, -0.1) is 0 Å². The van der Waals surface area contributed by atoms with Gasteiger partial charge in [0.25, 0.3) is 6.71 Å². The second kappa shape index (κ2) is 15.8. The van der Waals surface area contributed by atoms with E-state index >= 15 is 0 Å². The zero-order valence-electron chi connectivity index (χ0n) is 44.1. The maximum atomic E-state index is 2.73. The van der Waals surface area contributed by atoms with Gasteiger partial charge in [-0.3, -0.25) is 0 Å². The number of nitrogens with zero attached hydrogens (tertiary/aromatic N) is 3. The van der Waals surface area contributed by atoms with Crippen molar-refractivity contribution < 1.29 is 0 Å². The number of benzene rings is 7. The molecule has 354 valence electrons. The van der Waals surface area contributed by atoms with Crippen molar-refractivity contribution in [1.82, 2.24) is 4.57 Å². The summed E-state index contributed by atoms with van der Waals surface area (Å²) in [5, 5.41) is 2.57. The fraction of sp³-hybridized carbons (Fsp3) is 0.364. The molecule has 3 heterocycles. The van der Waals surface area contributed by atoms with E-state index in [1.54, 1.807) is 11.1 Å². The molecule has 0 unspecified atom stereocenters. The minimum atomic E-state index is -0.0467. The molecule has 0 atom stereocenters. The second-order valence-corrected chi connectivity index (χ2v) is 25.7. The van der Waals surface area contributed by atoms with Gasteiger partial charge in [0.2, 0.25) is 0 Å². The van der Waals surface area contributed by atoms with Crippen molar-refractivity contribution in [2.45, 2.75) is 156 Å². The van der Waals surface area contributed by atoms with E-state index in [1.165, 1.54) is 137 Å². The van der Waals surface area contributed by atoms with Crippen molar-refractivity contribution in [1.29, 1.82) is 0 Å². The highest BCUT2D eigenvalue weighted by molar-refractivity contribution is 7.00. The molecule has 0 amide bonds. The van der Waals surface area contributed by atoms with E-state index in [1.807, 2.05) is 0 Å². The Labute approximate surface area is 419 Å². The van der Waals surface area contributed by atoms with Crippen LogP contribution < -0.4 is 26.2 Å². The molecule has 0 fully saturated rings. The normalized spacial score (nSPS) is 15.7. The van der Waals surface area contributed by atoms with Crippen LogP contribution in [0.4, 0.5) is 34.1 Å². The summed E-state index contributed by atoms with van der Waals surface area (Å²) in [6.07, 6.45) is 9.56. The average molecular weight is 918 g/mol. The molecule has 0 N–H and O–H groups in total. The van der Waals surface area contributed by atoms with Crippen molar-refractivity contribution >= 4 is 79.0 Å². The van der Waals surface area contributed by atoms with Crippen molar-refractivity contribution in [2.24, 2.45) is 0 Å². The number of anilines is 6. The van der Waals surface area contributed by atoms with E-state index < -0.39 is 0 Å². The van der Waals surface area contributed by atoms with Crippen LogP contribution in [0.15, 0.2) is 121 Å². The van der Waals surface area contributed by atoms with Gasteiger partial charge >= 0.3 is 0 Å². The van der Waals surface area contributed by atoms with E-state index in [4.69, 9.17) is 0 Å². The minimum absolute atomic E-state index is 0.0467. The lowest BCUT2D eigenvalue weighted by molar-refractivity contribution is 0.568. The third-order valence-electron chi connectivity index (χ3n) is 16.6. The van der Waals surface area contributed by atoms with Gasteiger partial charge in [-0.1, -0.05) is 144 Å². The number of para-hydroxylation sites is 2. The van der Waals surface area contributed by atoms with E-state index in [2.05, 4.69) is 219 Å². The Balaban J connectivity index is 1.27. The third kappa shape index (κ3) is 7.28. The molecule has 2 aliphatic heterocycles. The number of hydrogen-bond acceptors (Lipinski definition) is 2. The van der Waals surface area contributed by atoms with E-state index in [9.17, 15) is 0 Å². The first-order valence-corrected chi connectivity index (χ1v) is 26.6. The van der Waals surface area contributed by atoms with Crippen molar-refractivity contribution in [3.8, 4) is 5.69 Å². The number of aromatic nitrogens is 1. The Morgan fingerprint density at radius 2 is 0.700 bits per heavy atom. The van der Waals surface area contributed by atoms with Gasteiger partial charge < -0.3 is 14.4 Å². The molecular weight excluding hydrogens is 846 g/mol. The summed E-state index contributed by atoms with van der Waals surface area (Å²) in [6.45, 7) is 28.6. The summed E-state index contributed by atoms with van der Waals surface area (Å²) >= 11 is 0. The van der Waals surface area contributed by atoms with Gasteiger partial charge in [-0.05, 0) is 195 Å². The standard InChI is InChI=1S/C66H72BN3/c1-63(2,3)45-33-46(64(4,5)6)36-49(35-45)69-58-31-43-23-15-13-21-41(43)29-54(58)67-55-30-42-22-14-16-24-44(42)32-59(55)70(50-37-47(65(7,8)9)34-48(38-50)66(10,11)12)61-40-51(39-60(69)62(61)67)68-56-27-19-17-25-52(56)53-26-18-20-28-57(53)68/h17-20,25-40H,13-16,21-24H2,1-12H3. The first-order valence-electron chi connectivity index (χ1n) is 26.6. The molecule has 0 bridgehead atoms. The van der Waals surface area contributed by atoms with Crippen LogP contribution in [0, 0.1) is 0 Å². The van der Waals surface area contributed by atoms with Crippen LogP contribution in [0.2, 0.25) is 0 Å². The van der Waals surface area contributed by atoms with Gasteiger partial charge in [0.15, 0.2) is 0 Å². The second-order valence-electron chi connectivity index (χ2n) is 25.7. The topological polar surface area (TPSA) is 11.4 Å². The monoisotopic (exact) mass is 918 g/mol. The predicted molar refractivity (Wildman–Crippen MR) is 303 cm³/mol. The number of aryl methyl sites for hydroxylation is 4. The third-order valence-corrected chi connectivity index (χ3v) is 16.6. The first kappa shape index (κ1) is 45.2. The number of hydrogen-bond donors (Lipinski definition) is 0. The molecule has 0 radical (unpaired) electrons. The summed E-state index contributed by atoms with van der Waals surface area (Å²) in [6, 6.07) is 49.0. The summed E-state index contributed by atoms with van der Waals surface area (Å²) < 4.78 is 2.57. The summed E-state index contributed by atoms with van der Waals surface area (Å²) in [4.78, 5) is 5.46. The lowest BCUT2D eigenvalue weighted by Crippen LogP contribution is -2.61. The van der Waals surface area contributed by atoms with Crippen LogP contribution in [0.1, 0.15) is 153 Å². The zero-order chi connectivity index (χ0) is 48.8. The van der Waals surface area contributed by atoms with Gasteiger partial charge in [-0.2, -0.15) is 0 Å². The summed E-state index contributed by atoms with van der Waals surface area (Å²) in [5.74, 6) is 0. The molecule has 4 heteroatoms. The molecule has 12 rings (SSSR count). The van der Waals surface area contributed by atoms with Gasteiger partial charge in [-0.25, -0.2) is 0 Å². The Bertz CT molecular complexity index is 3160. The molecule has 2 aliphatic carbocycles. The Morgan fingerprint density at radius 3 is 1.06 bits per heavy atom. The highest BCUT2D eigenvalue weighted by Crippen LogP contribution is 2.50. The number of fused-ring (bicyclic) bond motifs is 9. The lowest BCUT2D eigenvalue weighted by atomic mass is 9.33. The fourth-order valence-corrected chi connectivity index (χ4v) is 12.5. The zero-order valence-corrected chi connectivity index (χ0v) is 44.1. The average Bonchev–Trinajstić information content (AvgIpc) is 3.65. The van der Waals surface area contributed by atoms with E-state index in [0.717, 1.165) is 25.7 Å². The molecule has 1 aromatic heterocycles. The van der Waals surface area contributed by atoms with Crippen molar-refractivity contribution in [2.75, 3.05) is 9.80 Å². The maximum Gasteiger partial charge on any atom is 0.252 e. The van der Waals surface area contributed by atoms with Crippen LogP contribution in [0.3, 0.4) is 0 Å². The predicted octanol–water partition coefficient (Wildman–Crippen LogP) is 15.8. The molecule has 0 spiro atoms. The molecule has 8 aromatic rings. The van der Waals surface area contributed by atoms with Gasteiger partial charge in [0.1, 0.15) is 0 Å². The highest BCUT2D eigenvalue weighted by Gasteiger charge is 2.45. The van der Waals surface area contributed by atoms with E-state index in [0.29, 0.717) is 0 Å². The number of rotatable bonds is 3. The minimum Gasteiger partial charge on any atom is -0.311 e. The molecule has 0 saturated carbocycles. The SMILES string of the molecule is CC(C)(C)c1cc(N2c3cc4c(cc3B3c5cc6c(cc5N(c5cc(C(C)(C)C)cc(C(C)(C)C)c5)c5cc(-n7c8ccccc8c8ccccc87)cc2c53)CCCC6)CCCC4)cc(C(C)(C)C)c1. The Morgan fingerprint density at radius 1 is 0.357 bits per heavy atom. The van der Waals surface area contributed by atoms with Crippen molar-refractivity contribution in [3.63, 3.8) is 0 Å². The summed E-state index contributed by atoms with van der Waals surface area (Å²) in [7, 11) is 0. The maximum absolute atomic E-state index is 2.73. The summed E-state index contributed by atoms with van der Waals surface area (Å²) in [5.41, 5.74) is 27.2. The van der Waals surface area contributed by atoms with Crippen molar-refractivity contribution in [3.05, 3.63) is 166 Å². The molecule has 70 heavy (non-hydrogen) atoms. The molecule has 7 aromatic carbocycles. The van der Waals surface area contributed by atoms with Gasteiger partial charge in [0.05, 0.1) is 16.7 Å². The van der Waals surface area contributed by atoms with Crippen LogP contribution in [-0.2, 0) is 47.3 Å². The Hall–Kier alpha value is -6.00. The molecule has 3 nitrogen and oxygen atoms in total.